The fourth-order valence-electron chi connectivity index (χ4n) is 2.81. The second kappa shape index (κ2) is 7.07. The quantitative estimate of drug-likeness (QED) is 0.757. The summed E-state index contributed by atoms with van der Waals surface area (Å²) in [6, 6.07) is 9.57. The van der Waals surface area contributed by atoms with Gasteiger partial charge in [-0.15, -0.1) is 0 Å². The number of aromatic nitrogens is 1. The number of hydrogen-bond acceptors (Lipinski definition) is 3. The third kappa shape index (κ3) is 3.49. The van der Waals surface area contributed by atoms with Crippen LogP contribution in [0.1, 0.15) is 34.6 Å². The maximum Gasteiger partial charge on any atom is 0.253 e. The smallest absolute Gasteiger partial charge is 0.253 e. The molecule has 3 aromatic rings. The lowest BCUT2D eigenvalue weighted by molar-refractivity contribution is 0.0938. The summed E-state index contributed by atoms with van der Waals surface area (Å²) >= 11 is 0. The number of halogens is 2. The van der Waals surface area contributed by atoms with Crippen molar-refractivity contribution in [1.29, 1.82) is 0 Å². The van der Waals surface area contributed by atoms with Crippen LogP contribution in [0.4, 0.5) is 8.78 Å². The lowest BCUT2D eigenvalue weighted by Gasteiger charge is -2.16. The van der Waals surface area contributed by atoms with Crippen molar-refractivity contribution >= 4 is 16.8 Å². The Morgan fingerprint density at radius 2 is 1.92 bits per heavy atom. The monoisotopic (exact) mass is 356 g/mol. The Morgan fingerprint density at radius 1 is 1.15 bits per heavy atom. The maximum absolute atomic E-state index is 13.9. The van der Waals surface area contributed by atoms with Crippen LogP contribution in [-0.2, 0) is 0 Å². The van der Waals surface area contributed by atoms with E-state index in [4.69, 9.17) is 4.74 Å². The van der Waals surface area contributed by atoms with Gasteiger partial charge in [0.25, 0.3) is 5.91 Å². The molecule has 0 saturated carbocycles. The fourth-order valence-corrected chi connectivity index (χ4v) is 2.81. The average Bonchev–Trinajstić information content (AvgIpc) is 2.62. The first kappa shape index (κ1) is 17.8. The van der Waals surface area contributed by atoms with Gasteiger partial charge in [-0.05, 0) is 56.3 Å². The van der Waals surface area contributed by atoms with Gasteiger partial charge < -0.3 is 10.1 Å². The Labute approximate surface area is 149 Å². The molecule has 1 N–H and O–H groups in total. The number of hydrogen-bond donors (Lipinski definition) is 1. The molecule has 2 aromatic carbocycles. The van der Waals surface area contributed by atoms with Crippen LogP contribution < -0.4 is 10.1 Å². The Morgan fingerprint density at radius 3 is 2.65 bits per heavy atom. The Hall–Kier alpha value is -3.02. The zero-order valence-electron chi connectivity index (χ0n) is 14.6. The molecule has 1 amide bonds. The van der Waals surface area contributed by atoms with Gasteiger partial charge in [0.2, 0.25) is 0 Å². The van der Waals surface area contributed by atoms with E-state index < -0.39 is 23.6 Å². The number of rotatable bonds is 4. The minimum atomic E-state index is -0.696. The standard InChI is InChI=1S/C20H18F2N2O2/c1-11(16-10-14(21)4-6-18(16)22)24-20(25)17-9-13-8-15(26-3)5-7-19(13)23-12(17)2/h4-11H,1-3H3,(H,24,25). The average molecular weight is 356 g/mol. The van der Waals surface area contributed by atoms with E-state index >= 15 is 0 Å². The molecule has 0 bridgehead atoms. The van der Waals surface area contributed by atoms with E-state index in [0.717, 1.165) is 29.1 Å². The van der Waals surface area contributed by atoms with Crippen molar-refractivity contribution < 1.29 is 18.3 Å². The van der Waals surface area contributed by atoms with E-state index in [1.165, 1.54) is 0 Å². The summed E-state index contributed by atoms with van der Waals surface area (Å²) in [6.07, 6.45) is 0. The number of carbonyl (C=O) groups is 1. The molecule has 4 nitrogen and oxygen atoms in total. The number of amides is 1. The first-order valence-electron chi connectivity index (χ1n) is 8.10. The Bertz CT molecular complexity index is 989. The van der Waals surface area contributed by atoms with Crippen molar-refractivity contribution in [3.05, 3.63) is 70.9 Å². The number of pyridine rings is 1. The van der Waals surface area contributed by atoms with Crippen molar-refractivity contribution in [2.24, 2.45) is 0 Å². The molecule has 1 aromatic heterocycles. The topological polar surface area (TPSA) is 51.2 Å². The van der Waals surface area contributed by atoms with E-state index in [-0.39, 0.29) is 5.56 Å². The highest BCUT2D eigenvalue weighted by molar-refractivity contribution is 5.99. The molecule has 0 radical (unpaired) electrons. The lowest BCUT2D eigenvalue weighted by Crippen LogP contribution is -2.28. The predicted octanol–water partition coefficient (Wildman–Crippen LogP) is 4.32. The summed E-state index contributed by atoms with van der Waals surface area (Å²) < 4.78 is 32.5. The molecule has 26 heavy (non-hydrogen) atoms. The van der Waals surface area contributed by atoms with Gasteiger partial charge in [-0.25, -0.2) is 8.78 Å². The summed E-state index contributed by atoms with van der Waals surface area (Å²) in [5.41, 5.74) is 1.75. The number of aryl methyl sites for hydroxylation is 1. The van der Waals surface area contributed by atoms with E-state index in [1.54, 1.807) is 39.2 Å². The molecule has 0 aliphatic heterocycles. The van der Waals surface area contributed by atoms with Gasteiger partial charge in [0.05, 0.1) is 29.9 Å². The third-order valence-corrected chi connectivity index (χ3v) is 4.23. The zero-order valence-corrected chi connectivity index (χ0v) is 14.6. The molecule has 1 heterocycles. The highest BCUT2D eigenvalue weighted by Gasteiger charge is 2.18. The molecule has 1 atom stereocenters. The molecular weight excluding hydrogens is 338 g/mol. The van der Waals surface area contributed by atoms with Crippen molar-refractivity contribution in [2.75, 3.05) is 7.11 Å². The van der Waals surface area contributed by atoms with Crippen LogP contribution in [-0.4, -0.2) is 18.0 Å². The molecule has 3 rings (SSSR count). The molecular formula is C20H18F2N2O2. The number of nitrogens with one attached hydrogen (secondary N) is 1. The van der Waals surface area contributed by atoms with Crippen LogP contribution in [0.25, 0.3) is 10.9 Å². The van der Waals surface area contributed by atoms with E-state index in [9.17, 15) is 13.6 Å². The van der Waals surface area contributed by atoms with Crippen molar-refractivity contribution in [3.8, 4) is 5.75 Å². The second-order valence-electron chi connectivity index (χ2n) is 6.04. The highest BCUT2D eigenvalue weighted by Crippen LogP contribution is 2.23. The fraction of sp³-hybridized carbons (Fsp3) is 0.200. The van der Waals surface area contributed by atoms with Crippen LogP contribution in [0.2, 0.25) is 0 Å². The first-order valence-corrected chi connectivity index (χ1v) is 8.10. The number of methoxy groups -OCH3 is 1. The minimum absolute atomic E-state index is 0.0893. The van der Waals surface area contributed by atoms with Gasteiger partial charge >= 0.3 is 0 Å². The van der Waals surface area contributed by atoms with Gasteiger partial charge in [0.15, 0.2) is 0 Å². The summed E-state index contributed by atoms with van der Waals surface area (Å²) in [7, 11) is 1.56. The Balaban J connectivity index is 1.91. The normalized spacial score (nSPS) is 12.0. The molecule has 0 spiro atoms. The highest BCUT2D eigenvalue weighted by atomic mass is 19.1. The number of ether oxygens (including phenoxy) is 1. The van der Waals surface area contributed by atoms with E-state index in [0.29, 0.717) is 17.0 Å². The minimum Gasteiger partial charge on any atom is -0.497 e. The summed E-state index contributed by atoms with van der Waals surface area (Å²) in [5, 5.41) is 3.45. The maximum atomic E-state index is 13.9. The number of benzene rings is 2. The van der Waals surface area contributed by atoms with Gasteiger partial charge in [0, 0.05) is 10.9 Å². The molecule has 0 aliphatic rings. The van der Waals surface area contributed by atoms with Crippen LogP contribution in [0.5, 0.6) is 5.75 Å². The van der Waals surface area contributed by atoms with Crippen LogP contribution in [0, 0.1) is 18.6 Å². The summed E-state index contributed by atoms with van der Waals surface area (Å²) in [4.78, 5) is 17.1. The van der Waals surface area contributed by atoms with E-state index in [1.807, 2.05) is 6.07 Å². The largest absolute Gasteiger partial charge is 0.497 e. The van der Waals surface area contributed by atoms with Crippen molar-refractivity contribution in [1.82, 2.24) is 10.3 Å². The molecule has 0 fully saturated rings. The molecule has 0 saturated heterocycles. The number of carbonyl (C=O) groups excluding carboxylic acids is 1. The summed E-state index contributed by atoms with van der Waals surface area (Å²) in [6.45, 7) is 3.33. The van der Waals surface area contributed by atoms with Crippen LogP contribution in [0.3, 0.4) is 0 Å². The van der Waals surface area contributed by atoms with Crippen molar-refractivity contribution in [3.63, 3.8) is 0 Å². The number of fused-ring (bicyclic) bond motifs is 1. The van der Waals surface area contributed by atoms with Gasteiger partial charge in [0.1, 0.15) is 17.4 Å². The SMILES string of the molecule is COc1ccc2nc(C)c(C(=O)NC(C)c3cc(F)ccc3F)cc2c1. The zero-order chi connectivity index (χ0) is 18.8. The van der Waals surface area contributed by atoms with Crippen LogP contribution >= 0.6 is 0 Å². The molecule has 134 valence electrons. The van der Waals surface area contributed by atoms with Gasteiger partial charge in [-0.1, -0.05) is 0 Å². The third-order valence-electron chi connectivity index (χ3n) is 4.23. The van der Waals surface area contributed by atoms with Crippen LogP contribution in [0.15, 0.2) is 42.5 Å². The van der Waals surface area contributed by atoms with E-state index in [2.05, 4.69) is 10.3 Å². The second-order valence-corrected chi connectivity index (χ2v) is 6.04. The summed E-state index contributed by atoms with van der Waals surface area (Å²) in [5.74, 6) is -0.879. The molecule has 0 aliphatic carbocycles. The molecule has 1 unspecified atom stereocenters. The predicted molar refractivity (Wildman–Crippen MR) is 95.3 cm³/mol. The molecule has 6 heteroatoms. The number of nitrogens with zero attached hydrogens (tertiary/aromatic N) is 1. The first-order chi connectivity index (χ1) is 12.4. The van der Waals surface area contributed by atoms with Crippen molar-refractivity contribution in [2.45, 2.75) is 19.9 Å². The van der Waals surface area contributed by atoms with Gasteiger partial charge in [-0.2, -0.15) is 0 Å². The lowest BCUT2D eigenvalue weighted by atomic mass is 10.1. The van der Waals surface area contributed by atoms with Gasteiger partial charge in [-0.3, -0.25) is 9.78 Å². The Kier molecular flexibility index (Phi) is 4.84.